The molecule has 0 fully saturated rings. The van der Waals surface area contributed by atoms with Crippen LogP contribution in [0.4, 0.5) is 0 Å². The third-order valence-electron chi connectivity index (χ3n) is 7.56. The van der Waals surface area contributed by atoms with Crippen molar-refractivity contribution in [1.29, 1.82) is 0 Å². The summed E-state index contributed by atoms with van der Waals surface area (Å²) in [7, 11) is 0. The lowest BCUT2D eigenvalue weighted by Crippen LogP contribution is -2.43. The minimum Gasteiger partial charge on any atom is -0.379 e. The van der Waals surface area contributed by atoms with E-state index in [1.807, 2.05) is 0 Å². The second kappa shape index (κ2) is 56.7. The molecule has 0 spiro atoms. The standard InChI is InChI=1S/C37H74N10O16.ClH/c38-1-5-48-9-13-52-17-21-56-25-29-60-33-37(34-61-30-26-57-22-18-53-14-10-49-6-2-42-45-39,35-62-31-27-58-23-19-54-15-11-50-7-3-43-46-40)36-63-32-28-59-24-20-55-16-12-51-8-4-44-47-41;/h1-36,38H2;1H. The normalized spacial score (nSPS) is 12.0. The first kappa shape index (κ1) is 63.6. The second-order valence-electron chi connectivity index (χ2n) is 12.7. The Morgan fingerprint density at radius 3 is 0.641 bits per heavy atom. The number of rotatable bonds is 55. The first-order chi connectivity index (χ1) is 31.2. The minimum absolute atomic E-state index is 0. The van der Waals surface area contributed by atoms with Gasteiger partial charge in [0.25, 0.3) is 0 Å². The van der Waals surface area contributed by atoms with Crippen LogP contribution in [0.2, 0.25) is 0 Å². The number of azide groups is 3. The van der Waals surface area contributed by atoms with Gasteiger partial charge in [-0.2, -0.15) is 0 Å². The summed E-state index contributed by atoms with van der Waals surface area (Å²) in [5.41, 5.74) is 29.6. The Labute approximate surface area is 383 Å². The Morgan fingerprint density at radius 1 is 0.281 bits per heavy atom. The van der Waals surface area contributed by atoms with E-state index in [0.717, 1.165) is 0 Å². The van der Waals surface area contributed by atoms with Crippen LogP contribution >= 0.6 is 12.4 Å². The summed E-state index contributed by atoms with van der Waals surface area (Å²) in [6.07, 6.45) is 0. The summed E-state index contributed by atoms with van der Waals surface area (Å²) in [6, 6.07) is 0. The summed E-state index contributed by atoms with van der Waals surface area (Å²) in [6.45, 7) is 13.0. The first-order valence-corrected chi connectivity index (χ1v) is 21.2. The fraction of sp³-hybridized carbons (Fsp3) is 1.00. The zero-order chi connectivity index (χ0) is 45.5. The molecule has 0 aromatic heterocycles. The van der Waals surface area contributed by atoms with Crippen molar-refractivity contribution >= 4 is 12.4 Å². The highest BCUT2D eigenvalue weighted by Gasteiger charge is 2.32. The maximum absolute atomic E-state index is 8.30. The zero-order valence-corrected chi connectivity index (χ0v) is 38.3. The maximum atomic E-state index is 8.30. The van der Waals surface area contributed by atoms with E-state index in [9.17, 15) is 0 Å². The molecule has 0 aromatic carbocycles. The Bertz CT molecular complexity index is 997. The average molecular weight is 952 g/mol. The molecule has 0 aliphatic heterocycles. The lowest BCUT2D eigenvalue weighted by atomic mass is 9.92. The van der Waals surface area contributed by atoms with Gasteiger partial charge in [-0.1, -0.05) is 15.3 Å². The molecule has 0 rings (SSSR count). The van der Waals surface area contributed by atoms with E-state index in [-0.39, 0.29) is 58.5 Å². The molecule has 0 aromatic rings. The van der Waals surface area contributed by atoms with Crippen LogP contribution in [0.5, 0.6) is 0 Å². The van der Waals surface area contributed by atoms with E-state index in [2.05, 4.69) is 30.1 Å². The van der Waals surface area contributed by atoms with Crippen LogP contribution in [-0.4, -0.2) is 238 Å². The first-order valence-electron chi connectivity index (χ1n) is 21.2. The largest absolute Gasteiger partial charge is 0.379 e. The molecule has 0 aliphatic carbocycles. The van der Waals surface area contributed by atoms with Crippen LogP contribution in [0, 0.1) is 5.41 Å². The summed E-state index contributed by atoms with van der Waals surface area (Å²) in [4.78, 5) is 8.03. The van der Waals surface area contributed by atoms with Gasteiger partial charge < -0.3 is 81.5 Å². The topological polar surface area (TPSA) is 320 Å². The van der Waals surface area contributed by atoms with Gasteiger partial charge in [0.1, 0.15) is 0 Å². The molecule has 0 saturated carbocycles. The summed E-state index contributed by atoms with van der Waals surface area (Å²) >= 11 is 0. The lowest BCUT2D eigenvalue weighted by molar-refractivity contribution is -0.123. The SMILES string of the molecule is Cl.[N-]=[N+]=NCCOCCOCCOCCOCC(COCCOCCOCCOCCN)(COCCOCCOCCOCCN=[N+]=[N-])COCCOCCOCCOCCN=[N+]=[N-]. The van der Waals surface area contributed by atoms with Gasteiger partial charge in [-0.3, -0.25) is 0 Å². The van der Waals surface area contributed by atoms with Gasteiger partial charge in [-0.05, 0) is 16.6 Å². The van der Waals surface area contributed by atoms with E-state index in [1.54, 1.807) is 0 Å². The number of nitrogens with two attached hydrogens (primary N) is 1. The predicted octanol–water partition coefficient (Wildman–Crippen LogP) is 2.55. The minimum atomic E-state index is -0.697. The fourth-order valence-corrected chi connectivity index (χ4v) is 4.58. The monoisotopic (exact) mass is 951 g/mol. The van der Waals surface area contributed by atoms with E-state index in [1.165, 1.54) is 0 Å². The summed E-state index contributed by atoms with van der Waals surface area (Å²) < 4.78 is 90.4. The molecule has 2 N–H and O–H groups in total. The predicted molar refractivity (Wildman–Crippen MR) is 234 cm³/mol. The Kier molecular flexibility index (Phi) is 56.3. The van der Waals surface area contributed by atoms with Gasteiger partial charge in [0, 0.05) is 40.9 Å². The van der Waals surface area contributed by atoms with Crippen molar-refractivity contribution in [3.63, 3.8) is 0 Å². The number of halogens is 1. The lowest BCUT2D eigenvalue weighted by Gasteiger charge is -2.33. The number of hydrogen-bond donors (Lipinski definition) is 1. The molecule has 0 atom stereocenters. The van der Waals surface area contributed by atoms with Crippen molar-refractivity contribution in [3.8, 4) is 0 Å². The molecule has 0 aliphatic rings. The van der Waals surface area contributed by atoms with E-state index >= 15 is 0 Å². The molecule has 0 amide bonds. The molecule has 0 radical (unpaired) electrons. The molecular formula is C37H75ClN10O16. The van der Waals surface area contributed by atoms with Gasteiger partial charge in [0.05, 0.1) is 217 Å². The van der Waals surface area contributed by atoms with Gasteiger partial charge in [0.2, 0.25) is 0 Å². The van der Waals surface area contributed by atoms with Crippen LogP contribution in [-0.2, 0) is 75.8 Å². The van der Waals surface area contributed by atoms with Gasteiger partial charge in [-0.25, -0.2) is 0 Å². The number of nitrogens with zero attached hydrogens (tertiary/aromatic N) is 9. The van der Waals surface area contributed by atoms with Gasteiger partial charge in [-0.15, -0.1) is 12.4 Å². The highest BCUT2D eigenvalue weighted by atomic mass is 35.5. The Balaban J connectivity index is 0. The van der Waals surface area contributed by atoms with Crippen LogP contribution in [0.15, 0.2) is 15.3 Å². The number of ether oxygens (including phenoxy) is 16. The van der Waals surface area contributed by atoms with Gasteiger partial charge in [0.15, 0.2) is 0 Å². The van der Waals surface area contributed by atoms with Crippen molar-refractivity contribution in [2.45, 2.75) is 0 Å². The van der Waals surface area contributed by atoms with Crippen LogP contribution in [0.3, 0.4) is 0 Å². The summed E-state index contributed by atoms with van der Waals surface area (Å²) in [5.74, 6) is 0. The molecule has 64 heavy (non-hydrogen) atoms. The van der Waals surface area contributed by atoms with E-state index in [4.69, 9.17) is 98.1 Å². The van der Waals surface area contributed by atoms with Crippen LogP contribution in [0.1, 0.15) is 0 Å². The molecule has 0 unspecified atom stereocenters. The van der Waals surface area contributed by atoms with E-state index in [0.29, 0.717) is 192 Å². The molecule has 27 heteroatoms. The third kappa shape index (κ3) is 50.5. The molecular weight excluding hydrogens is 876 g/mol. The maximum Gasteiger partial charge on any atom is 0.0701 e. The Morgan fingerprint density at radius 2 is 0.453 bits per heavy atom. The van der Waals surface area contributed by atoms with Crippen molar-refractivity contribution < 1.29 is 75.8 Å². The molecule has 0 heterocycles. The third-order valence-corrected chi connectivity index (χ3v) is 7.56. The Hall–Kier alpha value is -2.46. The second-order valence-corrected chi connectivity index (χ2v) is 12.7. The molecule has 376 valence electrons. The number of hydrogen-bond acceptors (Lipinski definition) is 20. The van der Waals surface area contributed by atoms with Crippen LogP contribution < -0.4 is 5.73 Å². The quantitative estimate of drug-likeness (QED) is 0.0396. The smallest absolute Gasteiger partial charge is 0.0701 e. The highest BCUT2D eigenvalue weighted by molar-refractivity contribution is 5.85. The summed E-state index contributed by atoms with van der Waals surface area (Å²) in [5, 5.41) is 10.2. The van der Waals surface area contributed by atoms with Crippen molar-refractivity contribution in [3.05, 3.63) is 31.3 Å². The fourth-order valence-electron chi connectivity index (χ4n) is 4.58. The van der Waals surface area contributed by atoms with E-state index < -0.39 is 5.41 Å². The molecule has 0 bridgehead atoms. The highest BCUT2D eigenvalue weighted by Crippen LogP contribution is 2.21. The van der Waals surface area contributed by atoms with Gasteiger partial charge >= 0.3 is 0 Å². The van der Waals surface area contributed by atoms with Crippen molar-refractivity contribution in [2.75, 3.05) is 238 Å². The van der Waals surface area contributed by atoms with Crippen LogP contribution in [0.25, 0.3) is 31.3 Å². The van der Waals surface area contributed by atoms with Crippen molar-refractivity contribution in [2.24, 2.45) is 26.5 Å². The zero-order valence-electron chi connectivity index (χ0n) is 37.5. The molecule has 26 nitrogen and oxygen atoms in total. The van der Waals surface area contributed by atoms with Crippen molar-refractivity contribution in [1.82, 2.24) is 0 Å². The average Bonchev–Trinajstić information content (AvgIpc) is 3.29. The molecule has 0 saturated heterocycles.